The van der Waals surface area contributed by atoms with Gasteiger partial charge in [0.2, 0.25) is 5.16 Å². The Morgan fingerprint density at radius 3 is 2.77 bits per heavy atom. The summed E-state index contributed by atoms with van der Waals surface area (Å²) in [7, 11) is 1.62. The van der Waals surface area contributed by atoms with Crippen LogP contribution in [0, 0.1) is 0 Å². The van der Waals surface area contributed by atoms with Crippen LogP contribution in [0.3, 0.4) is 0 Å². The molecule has 8 nitrogen and oxygen atoms in total. The lowest BCUT2D eigenvalue weighted by atomic mass is 10.1. The van der Waals surface area contributed by atoms with Crippen LogP contribution in [0.5, 0.6) is 5.75 Å². The molecule has 0 saturated carbocycles. The Kier molecular flexibility index (Phi) is 5.89. The van der Waals surface area contributed by atoms with Crippen LogP contribution in [0.2, 0.25) is 0 Å². The normalized spacial score (nSPS) is 13.4. The van der Waals surface area contributed by atoms with Gasteiger partial charge in [-0.25, -0.2) is 4.79 Å². The van der Waals surface area contributed by atoms with E-state index in [1.54, 1.807) is 37.2 Å². The van der Waals surface area contributed by atoms with Crippen LogP contribution in [0.25, 0.3) is 17.5 Å². The molecule has 9 heteroatoms. The molecule has 0 radical (unpaired) electrons. The molecule has 1 aliphatic rings. The Morgan fingerprint density at radius 2 is 2.07 bits per heavy atom. The van der Waals surface area contributed by atoms with E-state index < -0.39 is 5.97 Å². The van der Waals surface area contributed by atoms with Gasteiger partial charge in [-0.2, -0.15) is 9.78 Å². The van der Waals surface area contributed by atoms with Crippen molar-refractivity contribution in [1.29, 1.82) is 0 Å². The van der Waals surface area contributed by atoms with Gasteiger partial charge in [-0.15, -0.1) is 10.2 Å². The summed E-state index contributed by atoms with van der Waals surface area (Å²) in [6, 6.07) is 11.2. The van der Waals surface area contributed by atoms with Crippen LogP contribution in [0.15, 0.2) is 64.6 Å². The Balaban J connectivity index is 1.75. The number of carbonyl (C=O) groups excluding carboxylic acids is 1. The molecule has 30 heavy (non-hydrogen) atoms. The first-order valence-electron chi connectivity index (χ1n) is 9.29. The third-order valence-corrected chi connectivity index (χ3v) is 5.25. The lowest BCUT2D eigenvalue weighted by Crippen LogP contribution is -2.21. The maximum Gasteiger partial charge on any atom is 0.340 e. The number of hydrogen-bond donors (Lipinski definition) is 0. The SMILES string of the molecule is CCOC(=O)/C(=C\c1cccnc1)C1=Nn2c(nnc2-c2ccc(OC)cc2)SC1. The van der Waals surface area contributed by atoms with E-state index in [0.717, 1.165) is 16.9 Å². The topological polar surface area (TPSA) is 91.5 Å². The molecule has 3 aromatic rings. The molecule has 0 atom stereocenters. The summed E-state index contributed by atoms with van der Waals surface area (Å²) in [5, 5.41) is 13.9. The average Bonchev–Trinajstić information content (AvgIpc) is 3.21. The van der Waals surface area contributed by atoms with Crippen molar-refractivity contribution in [1.82, 2.24) is 19.9 Å². The first kappa shape index (κ1) is 19.8. The Morgan fingerprint density at radius 1 is 1.23 bits per heavy atom. The summed E-state index contributed by atoms with van der Waals surface area (Å²) in [6.45, 7) is 2.05. The second-order valence-electron chi connectivity index (χ2n) is 6.25. The van der Waals surface area contributed by atoms with Crippen LogP contribution < -0.4 is 4.74 Å². The van der Waals surface area contributed by atoms with E-state index in [9.17, 15) is 4.79 Å². The fourth-order valence-corrected chi connectivity index (χ4v) is 3.70. The molecule has 0 fully saturated rings. The fraction of sp³-hybridized carbons (Fsp3) is 0.190. The number of rotatable bonds is 6. The van der Waals surface area contributed by atoms with Gasteiger partial charge >= 0.3 is 5.97 Å². The molecule has 0 bridgehead atoms. The molecular formula is C21H19N5O3S. The molecule has 1 aliphatic heterocycles. The van der Waals surface area contributed by atoms with E-state index in [1.807, 2.05) is 36.4 Å². The van der Waals surface area contributed by atoms with Crippen molar-refractivity contribution >= 4 is 29.5 Å². The van der Waals surface area contributed by atoms with Crippen LogP contribution in [0.4, 0.5) is 0 Å². The molecule has 1 aromatic carbocycles. The van der Waals surface area contributed by atoms with Crippen LogP contribution in [0.1, 0.15) is 12.5 Å². The van der Waals surface area contributed by atoms with Crippen molar-refractivity contribution in [2.24, 2.45) is 5.10 Å². The number of pyridine rings is 1. The van der Waals surface area contributed by atoms with E-state index in [2.05, 4.69) is 15.2 Å². The molecule has 4 rings (SSSR count). The van der Waals surface area contributed by atoms with Gasteiger partial charge in [-0.05, 0) is 48.9 Å². The number of aromatic nitrogens is 4. The zero-order valence-corrected chi connectivity index (χ0v) is 17.3. The molecule has 0 saturated heterocycles. The highest BCUT2D eigenvalue weighted by molar-refractivity contribution is 7.99. The van der Waals surface area contributed by atoms with E-state index in [4.69, 9.17) is 14.6 Å². The molecule has 0 amide bonds. The summed E-state index contributed by atoms with van der Waals surface area (Å²) < 4.78 is 12.1. The Labute approximate surface area is 177 Å². The quantitative estimate of drug-likeness (QED) is 0.445. The summed E-state index contributed by atoms with van der Waals surface area (Å²) in [4.78, 5) is 16.8. The second kappa shape index (κ2) is 8.91. The molecule has 3 heterocycles. The summed E-state index contributed by atoms with van der Waals surface area (Å²) in [6.07, 6.45) is 5.11. The maximum atomic E-state index is 12.7. The minimum absolute atomic E-state index is 0.276. The number of thioether (sulfide) groups is 1. The zero-order chi connectivity index (χ0) is 20.9. The van der Waals surface area contributed by atoms with Crippen molar-refractivity contribution in [2.45, 2.75) is 12.1 Å². The molecular weight excluding hydrogens is 402 g/mol. The van der Waals surface area contributed by atoms with E-state index in [-0.39, 0.29) is 6.61 Å². The number of nitrogens with zero attached hydrogens (tertiary/aromatic N) is 5. The molecule has 152 valence electrons. The zero-order valence-electron chi connectivity index (χ0n) is 16.5. The number of carbonyl (C=O) groups is 1. The highest BCUT2D eigenvalue weighted by Crippen LogP contribution is 2.29. The molecule has 0 N–H and O–H groups in total. The number of hydrogen-bond acceptors (Lipinski definition) is 8. The largest absolute Gasteiger partial charge is 0.497 e. The molecule has 2 aromatic heterocycles. The van der Waals surface area contributed by atoms with Crippen molar-refractivity contribution in [3.05, 3.63) is 59.9 Å². The number of benzene rings is 1. The van der Waals surface area contributed by atoms with Crippen molar-refractivity contribution < 1.29 is 14.3 Å². The number of ether oxygens (including phenoxy) is 2. The fourth-order valence-electron chi connectivity index (χ4n) is 2.88. The first-order valence-corrected chi connectivity index (χ1v) is 10.3. The standard InChI is InChI=1S/C21H19N5O3S/c1-3-29-20(27)17(11-14-5-4-10-22-12-14)18-13-30-21-24-23-19(26(21)25-18)15-6-8-16(28-2)9-7-15/h4-12H,3,13H2,1-2H3/b17-11-. The second-order valence-corrected chi connectivity index (χ2v) is 7.19. The Bertz CT molecular complexity index is 1110. The molecule has 0 spiro atoms. The van der Waals surface area contributed by atoms with E-state index in [0.29, 0.717) is 28.0 Å². The van der Waals surface area contributed by atoms with Gasteiger partial charge < -0.3 is 9.47 Å². The highest BCUT2D eigenvalue weighted by atomic mass is 32.2. The van der Waals surface area contributed by atoms with Crippen molar-refractivity contribution in [3.8, 4) is 17.1 Å². The molecule has 0 aliphatic carbocycles. The minimum atomic E-state index is -0.428. The van der Waals surface area contributed by atoms with Crippen LogP contribution in [-0.4, -0.2) is 51.0 Å². The lowest BCUT2D eigenvalue weighted by Gasteiger charge is -2.16. The predicted molar refractivity (Wildman–Crippen MR) is 114 cm³/mol. The van der Waals surface area contributed by atoms with Gasteiger partial charge in [0, 0.05) is 23.7 Å². The highest BCUT2D eigenvalue weighted by Gasteiger charge is 2.25. The van der Waals surface area contributed by atoms with Gasteiger partial charge in [-0.1, -0.05) is 17.8 Å². The monoisotopic (exact) mass is 421 g/mol. The van der Waals surface area contributed by atoms with Crippen LogP contribution >= 0.6 is 11.8 Å². The van der Waals surface area contributed by atoms with Gasteiger partial charge in [0.1, 0.15) is 5.75 Å². The van der Waals surface area contributed by atoms with Crippen molar-refractivity contribution in [3.63, 3.8) is 0 Å². The van der Waals surface area contributed by atoms with Gasteiger partial charge in [-0.3, -0.25) is 4.98 Å². The average molecular weight is 421 g/mol. The minimum Gasteiger partial charge on any atom is -0.497 e. The lowest BCUT2D eigenvalue weighted by molar-refractivity contribution is -0.137. The summed E-state index contributed by atoms with van der Waals surface area (Å²) >= 11 is 1.46. The summed E-state index contributed by atoms with van der Waals surface area (Å²) in [5.74, 6) is 1.39. The third-order valence-electron chi connectivity index (χ3n) is 4.32. The Hall–Kier alpha value is -3.46. The van der Waals surface area contributed by atoms with Crippen LogP contribution in [-0.2, 0) is 9.53 Å². The number of methoxy groups -OCH3 is 1. The van der Waals surface area contributed by atoms with Gasteiger partial charge in [0.05, 0.1) is 25.0 Å². The van der Waals surface area contributed by atoms with E-state index >= 15 is 0 Å². The number of esters is 1. The van der Waals surface area contributed by atoms with E-state index in [1.165, 1.54) is 11.8 Å². The maximum absolute atomic E-state index is 12.7. The first-order chi connectivity index (χ1) is 14.7. The number of fused-ring (bicyclic) bond motifs is 1. The molecule has 0 unspecified atom stereocenters. The van der Waals surface area contributed by atoms with Crippen molar-refractivity contribution in [2.75, 3.05) is 19.5 Å². The summed E-state index contributed by atoms with van der Waals surface area (Å²) in [5.41, 5.74) is 2.61. The third kappa shape index (κ3) is 4.11. The predicted octanol–water partition coefficient (Wildman–Crippen LogP) is 3.31. The smallest absolute Gasteiger partial charge is 0.340 e. The van der Waals surface area contributed by atoms with Gasteiger partial charge in [0.15, 0.2) is 5.82 Å². The van der Waals surface area contributed by atoms with Gasteiger partial charge in [0.25, 0.3) is 0 Å².